The Labute approximate surface area is 152 Å². The van der Waals surface area contributed by atoms with Gasteiger partial charge < -0.3 is 4.74 Å². The van der Waals surface area contributed by atoms with Gasteiger partial charge >= 0.3 is 5.97 Å². The summed E-state index contributed by atoms with van der Waals surface area (Å²) in [6, 6.07) is 19.1. The molecule has 0 aliphatic rings. The number of hydrogen-bond donors (Lipinski definition) is 0. The third kappa shape index (κ3) is 3.57. The Morgan fingerprint density at radius 2 is 1.65 bits per heavy atom. The van der Waals surface area contributed by atoms with E-state index in [0.29, 0.717) is 17.7 Å². The van der Waals surface area contributed by atoms with Gasteiger partial charge in [-0.15, -0.1) is 0 Å². The molecule has 0 fully saturated rings. The first-order chi connectivity index (χ1) is 12.6. The molecule has 0 saturated carbocycles. The van der Waals surface area contributed by atoms with Crippen molar-refractivity contribution in [3.63, 3.8) is 0 Å². The molecule has 0 N–H and O–H groups in total. The van der Waals surface area contributed by atoms with Crippen molar-refractivity contribution in [2.75, 3.05) is 6.61 Å². The molecule has 26 heavy (non-hydrogen) atoms. The maximum atomic E-state index is 13.2. The van der Waals surface area contributed by atoms with Gasteiger partial charge in [0.1, 0.15) is 0 Å². The molecule has 0 spiro atoms. The Bertz CT molecular complexity index is 999. The normalized spacial score (nSPS) is 11.0. The van der Waals surface area contributed by atoms with Crippen LogP contribution < -0.4 is 0 Å². The zero-order valence-electron chi connectivity index (χ0n) is 14.9. The lowest BCUT2D eigenvalue weighted by Gasteiger charge is -2.11. The molecule has 0 atom stereocenters. The highest BCUT2D eigenvalue weighted by atomic mass is 16.5. The molecule has 3 nitrogen and oxygen atoms in total. The Morgan fingerprint density at radius 3 is 2.42 bits per heavy atom. The van der Waals surface area contributed by atoms with E-state index in [1.165, 1.54) is 6.08 Å². The van der Waals surface area contributed by atoms with Crippen LogP contribution in [0.3, 0.4) is 0 Å². The van der Waals surface area contributed by atoms with Crippen LogP contribution in [0.25, 0.3) is 16.8 Å². The SMILES string of the molecule is CCOC(=O)/C=C/c1c(C(=O)c2ccccc2C)ccc2ccccc12. The van der Waals surface area contributed by atoms with Crippen molar-refractivity contribution in [2.45, 2.75) is 13.8 Å². The smallest absolute Gasteiger partial charge is 0.330 e. The van der Waals surface area contributed by atoms with Crippen LogP contribution in [0.15, 0.2) is 66.7 Å². The molecule has 0 aliphatic carbocycles. The highest BCUT2D eigenvalue weighted by Gasteiger charge is 2.16. The molecule has 3 rings (SSSR count). The van der Waals surface area contributed by atoms with E-state index in [2.05, 4.69) is 0 Å². The van der Waals surface area contributed by atoms with Crippen molar-refractivity contribution >= 4 is 28.6 Å². The summed E-state index contributed by atoms with van der Waals surface area (Å²) in [5, 5.41) is 1.94. The summed E-state index contributed by atoms with van der Waals surface area (Å²) in [4.78, 5) is 24.9. The Balaban J connectivity index is 2.16. The third-order valence-electron chi connectivity index (χ3n) is 4.28. The quantitative estimate of drug-likeness (QED) is 0.373. The summed E-state index contributed by atoms with van der Waals surface area (Å²) in [6.45, 7) is 3.99. The topological polar surface area (TPSA) is 43.4 Å². The van der Waals surface area contributed by atoms with Gasteiger partial charge in [0.2, 0.25) is 0 Å². The zero-order valence-corrected chi connectivity index (χ0v) is 14.9. The van der Waals surface area contributed by atoms with Crippen molar-refractivity contribution in [1.82, 2.24) is 0 Å². The molecule has 0 unspecified atom stereocenters. The van der Waals surface area contributed by atoms with Gasteiger partial charge in [-0.25, -0.2) is 4.79 Å². The molecule has 0 amide bonds. The fourth-order valence-corrected chi connectivity index (χ4v) is 2.99. The van der Waals surface area contributed by atoms with E-state index in [-0.39, 0.29) is 5.78 Å². The number of hydrogen-bond acceptors (Lipinski definition) is 3. The van der Waals surface area contributed by atoms with E-state index in [1.54, 1.807) is 13.0 Å². The predicted octanol–water partition coefficient (Wildman–Crippen LogP) is 4.96. The minimum Gasteiger partial charge on any atom is -0.463 e. The molecule has 3 aromatic carbocycles. The fourth-order valence-electron chi connectivity index (χ4n) is 2.99. The van der Waals surface area contributed by atoms with Crippen molar-refractivity contribution in [3.8, 4) is 0 Å². The van der Waals surface area contributed by atoms with Gasteiger partial charge in [0.15, 0.2) is 5.78 Å². The van der Waals surface area contributed by atoms with E-state index in [4.69, 9.17) is 4.74 Å². The van der Waals surface area contributed by atoms with Gasteiger partial charge in [-0.05, 0) is 47.9 Å². The number of esters is 1. The molecule has 0 aliphatic heterocycles. The van der Waals surface area contributed by atoms with Crippen molar-refractivity contribution < 1.29 is 14.3 Å². The van der Waals surface area contributed by atoms with E-state index in [1.807, 2.05) is 67.6 Å². The van der Waals surface area contributed by atoms with Gasteiger partial charge in [-0.1, -0.05) is 54.6 Å². The second-order valence-corrected chi connectivity index (χ2v) is 5.98. The summed E-state index contributed by atoms with van der Waals surface area (Å²) in [5.41, 5.74) is 2.88. The number of ketones is 1. The van der Waals surface area contributed by atoms with Crippen LogP contribution in [0.1, 0.15) is 34.0 Å². The first-order valence-corrected chi connectivity index (χ1v) is 8.58. The Morgan fingerprint density at radius 1 is 0.923 bits per heavy atom. The summed E-state index contributed by atoms with van der Waals surface area (Å²) in [6.07, 6.45) is 3.05. The number of aryl methyl sites for hydroxylation is 1. The Hall–Kier alpha value is -3.20. The van der Waals surface area contributed by atoms with Gasteiger partial charge in [0.05, 0.1) is 6.61 Å². The monoisotopic (exact) mass is 344 g/mol. The van der Waals surface area contributed by atoms with E-state index in [0.717, 1.165) is 21.9 Å². The van der Waals surface area contributed by atoms with Crippen LogP contribution in [0.5, 0.6) is 0 Å². The summed E-state index contributed by atoms with van der Waals surface area (Å²) in [7, 11) is 0. The second kappa shape index (κ2) is 7.79. The highest BCUT2D eigenvalue weighted by molar-refractivity contribution is 6.15. The van der Waals surface area contributed by atoms with Crippen molar-refractivity contribution in [2.24, 2.45) is 0 Å². The lowest BCUT2D eigenvalue weighted by molar-refractivity contribution is -0.137. The van der Waals surface area contributed by atoms with Crippen LogP contribution in [0.4, 0.5) is 0 Å². The van der Waals surface area contributed by atoms with Crippen LogP contribution in [-0.2, 0) is 9.53 Å². The van der Waals surface area contributed by atoms with Crippen LogP contribution in [-0.4, -0.2) is 18.4 Å². The van der Waals surface area contributed by atoms with Crippen molar-refractivity contribution in [1.29, 1.82) is 0 Å². The second-order valence-electron chi connectivity index (χ2n) is 5.98. The minimum absolute atomic E-state index is 0.0580. The summed E-state index contributed by atoms with van der Waals surface area (Å²) < 4.78 is 4.97. The number of ether oxygens (including phenoxy) is 1. The lowest BCUT2D eigenvalue weighted by Crippen LogP contribution is -2.06. The Kier molecular flexibility index (Phi) is 5.28. The molecule has 3 heteroatoms. The number of carbonyl (C=O) groups is 2. The molecule has 0 bridgehead atoms. The number of fused-ring (bicyclic) bond motifs is 1. The molecule has 0 heterocycles. The van der Waals surface area contributed by atoms with Gasteiger partial charge in [0, 0.05) is 17.2 Å². The average molecular weight is 344 g/mol. The van der Waals surface area contributed by atoms with Crippen molar-refractivity contribution in [3.05, 3.63) is 89.0 Å². The van der Waals surface area contributed by atoms with Gasteiger partial charge in [-0.2, -0.15) is 0 Å². The first kappa shape index (κ1) is 17.6. The largest absolute Gasteiger partial charge is 0.463 e. The first-order valence-electron chi connectivity index (χ1n) is 8.58. The molecule has 3 aromatic rings. The maximum absolute atomic E-state index is 13.2. The molecular formula is C23H20O3. The number of benzene rings is 3. The molecule has 0 radical (unpaired) electrons. The van der Waals surface area contributed by atoms with E-state index < -0.39 is 5.97 Å². The molecular weight excluding hydrogens is 324 g/mol. The van der Waals surface area contributed by atoms with E-state index in [9.17, 15) is 9.59 Å². The van der Waals surface area contributed by atoms with Crippen LogP contribution in [0.2, 0.25) is 0 Å². The van der Waals surface area contributed by atoms with Gasteiger partial charge in [0.25, 0.3) is 0 Å². The average Bonchev–Trinajstić information content (AvgIpc) is 2.66. The lowest BCUT2D eigenvalue weighted by atomic mass is 9.92. The third-order valence-corrected chi connectivity index (χ3v) is 4.28. The van der Waals surface area contributed by atoms with Crippen LogP contribution >= 0.6 is 0 Å². The standard InChI is InChI=1S/C23H20O3/c1-3-26-22(24)15-14-20-19-11-7-5-9-17(19)12-13-21(20)23(25)18-10-6-4-8-16(18)2/h4-15H,3H2,1-2H3/b15-14+. The van der Waals surface area contributed by atoms with E-state index >= 15 is 0 Å². The summed E-state index contributed by atoms with van der Waals surface area (Å²) >= 11 is 0. The molecule has 130 valence electrons. The number of rotatable bonds is 5. The summed E-state index contributed by atoms with van der Waals surface area (Å²) in [5.74, 6) is -0.480. The molecule has 0 aromatic heterocycles. The maximum Gasteiger partial charge on any atom is 0.330 e. The fraction of sp³-hybridized carbons (Fsp3) is 0.130. The van der Waals surface area contributed by atoms with Gasteiger partial charge in [-0.3, -0.25) is 4.79 Å². The predicted molar refractivity (Wildman–Crippen MR) is 104 cm³/mol. The number of carbonyl (C=O) groups excluding carboxylic acids is 2. The highest BCUT2D eigenvalue weighted by Crippen LogP contribution is 2.26. The zero-order chi connectivity index (χ0) is 18.5. The minimum atomic E-state index is -0.422. The molecule has 0 saturated heterocycles. The van der Waals surface area contributed by atoms with Crippen LogP contribution in [0, 0.1) is 6.92 Å².